The highest BCUT2D eigenvalue weighted by Gasteiger charge is 2.02. The number of benzene rings is 2. The van der Waals surface area contributed by atoms with E-state index in [0.717, 1.165) is 23.5 Å². The van der Waals surface area contributed by atoms with Gasteiger partial charge in [0.2, 0.25) is 0 Å². The average Bonchev–Trinajstić information content (AvgIpc) is 2.77. The monoisotopic (exact) mass is 403 g/mol. The molecule has 3 aromatic rings. The van der Waals surface area contributed by atoms with E-state index in [9.17, 15) is 4.79 Å². The van der Waals surface area contributed by atoms with E-state index in [1.165, 1.54) is 11.1 Å². The lowest BCUT2D eigenvalue weighted by molar-refractivity contribution is 0.0955. The van der Waals surface area contributed by atoms with Gasteiger partial charge in [0, 0.05) is 24.4 Å². The van der Waals surface area contributed by atoms with Crippen molar-refractivity contribution in [3.05, 3.63) is 89.2 Å². The second-order valence-electron chi connectivity index (χ2n) is 6.80. The van der Waals surface area contributed by atoms with E-state index in [1.807, 2.05) is 36.4 Å². The molecule has 0 atom stereocenters. The number of aromatic nitrogens is 1. The number of carbonyl (C=O) groups is 1. The summed E-state index contributed by atoms with van der Waals surface area (Å²) in [4.78, 5) is 15.8. The first-order valence-electron chi connectivity index (χ1n) is 9.78. The van der Waals surface area contributed by atoms with E-state index >= 15 is 0 Å². The van der Waals surface area contributed by atoms with Crippen LogP contribution in [-0.2, 0) is 0 Å². The molecule has 0 bridgehead atoms. The molecular weight excluding hydrogens is 378 g/mol. The molecule has 0 fully saturated rings. The van der Waals surface area contributed by atoms with Crippen molar-refractivity contribution in [1.82, 2.24) is 10.4 Å². The van der Waals surface area contributed by atoms with Gasteiger partial charge in [-0.15, -0.1) is 0 Å². The van der Waals surface area contributed by atoms with E-state index in [2.05, 4.69) is 35.4 Å². The fourth-order valence-corrected chi connectivity index (χ4v) is 2.66. The minimum absolute atomic E-state index is 0.287. The Morgan fingerprint density at radius 1 is 0.967 bits per heavy atom. The summed E-state index contributed by atoms with van der Waals surface area (Å²) in [5.74, 6) is 1.33. The quantitative estimate of drug-likeness (QED) is 0.328. The Kier molecular flexibility index (Phi) is 7.55. The molecule has 0 unspecified atom stereocenters. The molecule has 0 aliphatic carbocycles. The Labute approximate surface area is 176 Å². The highest BCUT2D eigenvalue weighted by atomic mass is 16.5. The summed E-state index contributed by atoms with van der Waals surface area (Å²) in [6, 6.07) is 16.9. The topological polar surface area (TPSA) is 72.8 Å². The molecule has 0 aliphatic rings. The lowest BCUT2D eigenvalue weighted by Crippen LogP contribution is -2.17. The summed E-state index contributed by atoms with van der Waals surface area (Å²) in [5.41, 5.74) is 6.30. The van der Waals surface area contributed by atoms with Gasteiger partial charge in [-0.25, -0.2) is 5.43 Å². The molecule has 1 amide bonds. The highest BCUT2D eigenvalue weighted by Crippen LogP contribution is 2.17. The van der Waals surface area contributed by atoms with Crippen LogP contribution in [0.5, 0.6) is 11.5 Å². The first kappa shape index (κ1) is 21.0. The molecule has 3 rings (SSSR count). The molecule has 6 heteroatoms. The minimum Gasteiger partial charge on any atom is -0.493 e. The van der Waals surface area contributed by atoms with Crippen LogP contribution in [0.1, 0.15) is 33.5 Å². The zero-order valence-electron chi connectivity index (χ0n) is 17.2. The Morgan fingerprint density at radius 3 is 2.43 bits per heavy atom. The van der Waals surface area contributed by atoms with Crippen molar-refractivity contribution in [3.63, 3.8) is 0 Å². The second kappa shape index (κ2) is 10.8. The molecule has 0 radical (unpaired) electrons. The fourth-order valence-electron chi connectivity index (χ4n) is 2.66. The number of ether oxygens (including phenoxy) is 2. The largest absolute Gasteiger partial charge is 0.493 e. The molecule has 0 saturated heterocycles. The molecule has 1 N–H and O–H groups in total. The molecule has 1 aromatic heterocycles. The number of carbonyl (C=O) groups excluding carboxylic acids is 1. The molecular formula is C24H25N3O3. The van der Waals surface area contributed by atoms with Gasteiger partial charge in [-0.1, -0.05) is 18.2 Å². The van der Waals surface area contributed by atoms with E-state index in [-0.39, 0.29) is 5.91 Å². The number of hydrogen-bond acceptors (Lipinski definition) is 5. The second-order valence-corrected chi connectivity index (χ2v) is 6.80. The maximum Gasteiger partial charge on any atom is 0.271 e. The Morgan fingerprint density at radius 2 is 1.70 bits per heavy atom. The SMILES string of the molecule is Cc1ccc(OCCCOc2cccc(C=NNC(=O)c3ccncc3)c2)cc1C. The van der Waals surface area contributed by atoms with Gasteiger partial charge >= 0.3 is 0 Å². The minimum atomic E-state index is -0.287. The number of hydrogen-bond donors (Lipinski definition) is 1. The van der Waals surface area contributed by atoms with Gasteiger partial charge in [0.25, 0.3) is 5.91 Å². The highest BCUT2D eigenvalue weighted by molar-refractivity contribution is 5.94. The zero-order valence-corrected chi connectivity index (χ0v) is 17.2. The van der Waals surface area contributed by atoms with Crippen LogP contribution >= 0.6 is 0 Å². The van der Waals surface area contributed by atoms with E-state index < -0.39 is 0 Å². The Balaban J connectivity index is 1.41. The van der Waals surface area contributed by atoms with Crippen molar-refractivity contribution in [1.29, 1.82) is 0 Å². The predicted molar refractivity (Wildman–Crippen MR) is 117 cm³/mol. The molecule has 0 aliphatic heterocycles. The normalized spacial score (nSPS) is 10.7. The third-order valence-corrected chi connectivity index (χ3v) is 4.48. The summed E-state index contributed by atoms with van der Waals surface area (Å²) < 4.78 is 11.6. The Hall–Kier alpha value is -3.67. The van der Waals surface area contributed by atoms with Crippen molar-refractivity contribution in [2.24, 2.45) is 5.10 Å². The number of nitrogens with zero attached hydrogens (tertiary/aromatic N) is 2. The number of aryl methyl sites for hydroxylation is 2. The number of rotatable bonds is 9. The van der Waals surface area contributed by atoms with Gasteiger partial charge < -0.3 is 9.47 Å². The van der Waals surface area contributed by atoms with Crippen LogP contribution in [0.15, 0.2) is 72.1 Å². The fraction of sp³-hybridized carbons (Fsp3) is 0.208. The molecule has 0 spiro atoms. The molecule has 6 nitrogen and oxygen atoms in total. The summed E-state index contributed by atoms with van der Waals surface area (Å²) in [6.07, 6.45) is 5.47. The first-order valence-corrected chi connectivity index (χ1v) is 9.78. The van der Waals surface area contributed by atoms with Gasteiger partial charge in [0.15, 0.2) is 0 Å². The van der Waals surface area contributed by atoms with E-state index in [1.54, 1.807) is 30.7 Å². The first-order chi connectivity index (χ1) is 14.6. The van der Waals surface area contributed by atoms with Crippen molar-refractivity contribution in [2.75, 3.05) is 13.2 Å². The number of amides is 1. The van der Waals surface area contributed by atoms with Crippen LogP contribution in [0.25, 0.3) is 0 Å². The lowest BCUT2D eigenvalue weighted by atomic mass is 10.1. The predicted octanol–water partition coefficient (Wildman–Crippen LogP) is 4.31. The van der Waals surface area contributed by atoms with Crippen LogP contribution in [0.3, 0.4) is 0 Å². The maximum atomic E-state index is 12.0. The van der Waals surface area contributed by atoms with Gasteiger partial charge in [-0.3, -0.25) is 9.78 Å². The molecule has 2 aromatic carbocycles. The van der Waals surface area contributed by atoms with Crippen LogP contribution in [0.4, 0.5) is 0 Å². The van der Waals surface area contributed by atoms with Crippen molar-refractivity contribution in [3.8, 4) is 11.5 Å². The Bertz CT molecular complexity index is 1000. The van der Waals surface area contributed by atoms with Gasteiger partial charge in [0.05, 0.1) is 19.4 Å². The van der Waals surface area contributed by atoms with E-state index in [4.69, 9.17) is 9.47 Å². The van der Waals surface area contributed by atoms with Crippen molar-refractivity contribution < 1.29 is 14.3 Å². The van der Waals surface area contributed by atoms with Gasteiger partial charge in [0.1, 0.15) is 11.5 Å². The standard InChI is InChI=1S/C24H25N3O3/c1-18-7-8-23(15-19(18)2)30-14-4-13-29-22-6-3-5-20(16-22)17-26-27-24(28)21-9-11-25-12-10-21/h3,5-12,15-17H,4,13-14H2,1-2H3,(H,27,28). The van der Waals surface area contributed by atoms with E-state index in [0.29, 0.717) is 18.8 Å². The number of pyridine rings is 1. The third kappa shape index (κ3) is 6.44. The van der Waals surface area contributed by atoms with Crippen molar-refractivity contribution >= 4 is 12.1 Å². The third-order valence-electron chi connectivity index (χ3n) is 4.48. The van der Waals surface area contributed by atoms with Crippen molar-refractivity contribution in [2.45, 2.75) is 20.3 Å². The van der Waals surface area contributed by atoms with Gasteiger partial charge in [-0.2, -0.15) is 5.10 Å². The zero-order chi connectivity index (χ0) is 21.2. The number of hydrazone groups is 1. The van der Waals surface area contributed by atoms with Crippen LogP contribution in [-0.4, -0.2) is 30.3 Å². The lowest BCUT2D eigenvalue weighted by Gasteiger charge is -2.09. The summed E-state index contributed by atoms with van der Waals surface area (Å²) in [5, 5.41) is 4.00. The molecule has 30 heavy (non-hydrogen) atoms. The smallest absolute Gasteiger partial charge is 0.271 e. The van der Waals surface area contributed by atoms with Gasteiger partial charge in [-0.05, 0) is 66.9 Å². The molecule has 1 heterocycles. The summed E-state index contributed by atoms with van der Waals surface area (Å²) in [7, 11) is 0. The molecule has 154 valence electrons. The summed E-state index contributed by atoms with van der Waals surface area (Å²) in [6.45, 7) is 5.29. The average molecular weight is 403 g/mol. The molecule has 0 saturated carbocycles. The summed E-state index contributed by atoms with van der Waals surface area (Å²) >= 11 is 0. The van der Waals surface area contributed by atoms with Crippen LogP contribution in [0.2, 0.25) is 0 Å². The number of nitrogens with one attached hydrogen (secondary N) is 1. The van der Waals surface area contributed by atoms with Crippen LogP contribution < -0.4 is 14.9 Å². The maximum absolute atomic E-state index is 12.0. The van der Waals surface area contributed by atoms with Crippen LogP contribution in [0, 0.1) is 13.8 Å².